The number of hydrogen-bond acceptors (Lipinski definition) is 2. The van der Waals surface area contributed by atoms with Crippen molar-refractivity contribution in [1.29, 1.82) is 0 Å². The van der Waals surface area contributed by atoms with Crippen molar-refractivity contribution in [2.45, 2.75) is 12.8 Å². The maximum Gasteiger partial charge on any atom is 0.416 e. The first kappa shape index (κ1) is 14.9. The van der Waals surface area contributed by atoms with Gasteiger partial charge in [0.1, 0.15) is 6.61 Å². The molecule has 0 atom stereocenters. The zero-order valence-corrected chi connectivity index (χ0v) is 11.4. The molecule has 0 saturated carbocycles. The van der Waals surface area contributed by atoms with E-state index in [-0.39, 0.29) is 12.5 Å². The maximum atomic E-state index is 12.5. The van der Waals surface area contributed by atoms with E-state index in [0.717, 1.165) is 18.3 Å². The van der Waals surface area contributed by atoms with Crippen molar-refractivity contribution in [3.05, 3.63) is 57.7 Å². The molecule has 0 amide bonds. The van der Waals surface area contributed by atoms with Gasteiger partial charge in [-0.2, -0.15) is 13.2 Å². The van der Waals surface area contributed by atoms with Gasteiger partial charge in [-0.05, 0) is 23.8 Å². The molecule has 0 aliphatic heterocycles. The Balaban J connectivity index is 2.09. The number of rotatable bonds is 3. The highest BCUT2D eigenvalue weighted by Gasteiger charge is 2.30. The average Bonchev–Trinajstić information content (AvgIpc) is 2.39. The van der Waals surface area contributed by atoms with E-state index in [1.807, 2.05) is 0 Å². The van der Waals surface area contributed by atoms with Crippen LogP contribution in [0.25, 0.3) is 0 Å². The number of benzene rings is 1. The SMILES string of the molecule is FC(F)(F)c1ccnc(OCc2ccc(Cl)c(Cl)c2)c1. The molecule has 2 aromatic rings. The third kappa shape index (κ3) is 3.77. The van der Waals surface area contributed by atoms with E-state index < -0.39 is 11.7 Å². The highest BCUT2D eigenvalue weighted by Crippen LogP contribution is 2.30. The normalized spacial score (nSPS) is 11.4. The van der Waals surface area contributed by atoms with E-state index in [2.05, 4.69) is 4.98 Å². The molecule has 0 N–H and O–H groups in total. The smallest absolute Gasteiger partial charge is 0.416 e. The molecule has 0 fully saturated rings. The summed E-state index contributed by atoms with van der Waals surface area (Å²) in [6.45, 7) is 0.0468. The molecule has 0 unspecified atom stereocenters. The molecule has 106 valence electrons. The topological polar surface area (TPSA) is 22.1 Å². The lowest BCUT2D eigenvalue weighted by atomic mass is 10.2. The standard InChI is InChI=1S/C13H8Cl2F3NO/c14-10-2-1-8(5-11(10)15)7-20-12-6-9(3-4-19-12)13(16,17)18/h1-6H,7H2. The summed E-state index contributed by atoms with van der Waals surface area (Å²) in [7, 11) is 0. The Kier molecular flexibility index (Phi) is 4.40. The molecule has 7 heteroatoms. The third-order valence-corrected chi connectivity index (χ3v) is 3.17. The lowest BCUT2D eigenvalue weighted by molar-refractivity contribution is -0.137. The largest absolute Gasteiger partial charge is 0.473 e. The van der Waals surface area contributed by atoms with Crippen LogP contribution < -0.4 is 4.74 Å². The Labute approximate surface area is 123 Å². The fraction of sp³-hybridized carbons (Fsp3) is 0.154. The van der Waals surface area contributed by atoms with Crippen molar-refractivity contribution in [1.82, 2.24) is 4.98 Å². The van der Waals surface area contributed by atoms with Crippen LogP contribution in [0.5, 0.6) is 5.88 Å². The minimum atomic E-state index is -4.43. The Morgan fingerprint density at radius 3 is 2.45 bits per heavy atom. The second kappa shape index (κ2) is 5.89. The van der Waals surface area contributed by atoms with Gasteiger partial charge in [0, 0.05) is 12.3 Å². The first-order valence-electron chi connectivity index (χ1n) is 5.46. The van der Waals surface area contributed by atoms with Crippen LogP contribution in [-0.2, 0) is 12.8 Å². The molecule has 1 heterocycles. The van der Waals surface area contributed by atoms with Gasteiger partial charge in [0.25, 0.3) is 0 Å². The van der Waals surface area contributed by atoms with Crippen LogP contribution in [0.3, 0.4) is 0 Å². The van der Waals surface area contributed by atoms with E-state index in [1.165, 1.54) is 0 Å². The van der Waals surface area contributed by atoms with Gasteiger partial charge in [-0.15, -0.1) is 0 Å². The summed E-state index contributed by atoms with van der Waals surface area (Å²) in [6, 6.07) is 6.56. The van der Waals surface area contributed by atoms with Crippen molar-refractivity contribution in [2.75, 3.05) is 0 Å². The highest BCUT2D eigenvalue weighted by atomic mass is 35.5. The Hall–Kier alpha value is -1.46. The van der Waals surface area contributed by atoms with Crippen molar-refractivity contribution < 1.29 is 17.9 Å². The van der Waals surface area contributed by atoms with E-state index in [1.54, 1.807) is 18.2 Å². The molecule has 0 aliphatic rings. The molecule has 0 saturated heterocycles. The van der Waals surface area contributed by atoms with Crippen LogP contribution in [0.2, 0.25) is 10.0 Å². The summed E-state index contributed by atoms with van der Waals surface area (Å²) in [4.78, 5) is 3.73. The first-order chi connectivity index (χ1) is 9.36. The fourth-order valence-electron chi connectivity index (χ4n) is 1.45. The summed E-state index contributed by atoms with van der Waals surface area (Å²) >= 11 is 11.6. The molecule has 0 radical (unpaired) electrons. The van der Waals surface area contributed by atoms with Crippen molar-refractivity contribution in [2.24, 2.45) is 0 Å². The lowest BCUT2D eigenvalue weighted by Gasteiger charge is -2.09. The number of alkyl halides is 3. The molecule has 2 rings (SSSR count). The molecule has 2 nitrogen and oxygen atoms in total. The molecule has 0 aliphatic carbocycles. The van der Waals surface area contributed by atoms with Gasteiger partial charge in [0.15, 0.2) is 0 Å². The number of halogens is 5. The van der Waals surface area contributed by atoms with Gasteiger partial charge >= 0.3 is 6.18 Å². The molecular weight excluding hydrogens is 314 g/mol. The van der Waals surface area contributed by atoms with Crippen LogP contribution in [0.4, 0.5) is 13.2 Å². The summed E-state index contributed by atoms with van der Waals surface area (Å²) in [6.07, 6.45) is -3.38. The van der Waals surface area contributed by atoms with Crippen LogP contribution in [0.1, 0.15) is 11.1 Å². The van der Waals surface area contributed by atoms with E-state index >= 15 is 0 Å². The second-order valence-electron chi connectivity index (χ2n) is 3.92. The molecule has 0 bridgehead atoms. The predicted molar refractivity (Wildman–Crippen MR) is 70.0 cm³/mol. The van der Waals surface area contributed by atoms with Crippen molar-refractivity contribution >= 4 is 23.2 Å². The summed E-state index contributed by atoms with van der Waals surface area (Å²) in [5.41, 5.74) is -0.129. The molecule has 0 spiro atoms. The average molecular weight is 322 g/mol. The van der Waals surface area contributed by atoms with E-state index in [9.17, 15) is 13.2 Å². The number of nitrogens with zero attached hydrogens (tertiary/aromatic N) is 1. The number of hydrogen-bond donors (Lipinski definition) is 0. The number of ether oxygens (including phenoxy) is 1. The maximum absolute atomic E-state index is 12.5. The highest BCUT2D eigenvalue weighted by molar-refractivity contribution is 6.42. The van der Waals surface area contributed by atoms with Gasteiger partial charge in [0.2, 0.25) is 5.88 Å². The molecule has 20 heavy (non-hydrogen) atoms. The molecule has 1 aromatic carbocycles. The number of aromatic nitrogens is 1. The minimum Gasteiger partial charge on any atom is -0.473 e. The van der Waals surface area contributed by atoms with Gasteiger partial charge in [-0.1, -0.05) is 29.3 Å². The van der Waals surface area contributed by atoms with Gasteiger partial charge in [-0.25, -0.2) is 4.98 Å². The van der Waals surface area contributed by atoms with E-state index in [0.29, 0.717) is 15.6 Å². The lowest BCUT2D eigenvalue weighted by Crippen LogP contribution is -2.06. The van der Waals surface area contributed by atoms with E-state index in [4.69, 9.17) is 27.9 Å². The Morgan fingerprint density at radius 2 is 1.80 bits per heavy atom. The van der Waals surface area contributed by atoms with Crippen molar-refractivity contribution in [3.8, 4) is 5.88 Å². The Bertz CT molecular complexity index is 617. The fourth-order valence-corrected chi connectivity index (χ4v) is 1.77. The molecular formula is C13H8Cl2F3NO. The Morgan fingerprint density at radius 1 is 1.05 bits per heavy atom. The number of pyridine rings is 1. The zero-order valence-electron chi connectivity index (χ0n) is 9.92. The summed E-state index contributed by atoms with van der Waals surface area (Å²) in [5.74, 6) is -0.106. The summed E-state index contributed by atoms with van der Waals surface area (Å²) < 4.78 is 42.7. The quantitative estimate of drug-likeness (QED) is 0.794. The second-order valence-corrected chi connectivity index (χ2v) is 4.73. The van der Waals surface area contributed by atoms with Crippen LogP contribution in [-0.4, -0.2) is 4.98 Å². The first-order valence-corrected chi connectivity index (χ1v) is 6.22. The van der Waals surface area contributed by atoms with Gasteiger partial charge < -0.3 is 4.74 Å². The van der Waals surface area contributed by atoms with Crippen LogP contribution in [0.15, 0.2) is 36.5 Å². The predicted octanol–water partition coefficient (Wildman–Crippen LogP) is 4.99. The third-order valence-electron chi connectivity index (χ3n) is 2.43. The monoisotopic (exact) mass is 321 g/mol. The van der Waals surface area contributed by atoms with Gasteiger partial charge in [0.05, 0.1) is 15.6 Å². The van der Waals surface area contributed by atoms with Gasteiger partial charge in [-0.3, -0.25) is 0 Å². The molecule has 1 aromatic heterocycles. The summed E-state index contributed by atoms with van der Waals surface area (Å²) in [5, 5.41) is 0.748. The van der Waals surface area contributed by atoms with Crippen molar-refractivity contribution in [3.63, 3.8) is 0 Å². The van der Waals surface area contributed by atoms with Crippen LogP contribution in [0, 0.1) is 0 Å². The minimum absolute atomic E-state index is 0.0468. The zero-order chi connectivity index (χ0) is 14.8. The van der Waals surface area contributed by atoms with Crippen LogP contribution >= 0.6 is 23.2 Å².